The highest BCUT2D eigenvalue weighted by atomic mass is 14.9. The molecular weight excluding hydrogens is 232 g/mol. The minimum atomic E-state index is 0.558. The highest BCUT2D eigenvalue weighted by molar-refractivity contribution is 5.77. The molecule has 0 atom stereocenters. The van der Waals surface area contributed by atoms with E-state index in [0.717, 1.165) is 0 Å². The van der Waals surface area contributed by atoms with Crippen LogP contribution in [0.25, 0.3) is 16.6 Å². The van der Waals surface area contributed by atoms with Gasteiger partial charge in [-0.3, -0.25) is 0 Å². The molecule has 2 N–H and O–H groups in total. The summed E-state index contributed by atoms with van der Waals surface area (Å²) in [7, 11) is 0. The minimum absolute atomic E-state index is 0.558. The molecule has 2 nitrogen and oxygen atoms in total. The van der Waals surface area contributed by atoms with E-state index in [1.807, 2.05) is 6.07 Å². The van der Waals surface area contributed by atoms with Crippen molar-refractivity contribution in [3.8, 4) is 11.1 Å². The molecule has 0 bridgehead atoms. The molecule has 0 aliphatic carbocycles. The van der Waals surface area contributed by atoms with Gasteiger partial charge in [0.2, 0.25) is 0 Å². The molecule has 0 amide bonds. The van der Waals surface area contributed by atoms with Gasteiger partial charge in [-0.15, -0.1) is 0 Å². The van der Waals surface area contributed by atoms with Crippen molar-refractivity contribution in [1.82, 2.24) is 4.40 Å². The number of aryl methyl sites for hydroxylation is 2. The first kappa shape index (κ1) is 12.0. The van der Waals surface area contributed by atoms with Gasteiger partial charge in [-0.25, -0.2) is 0 Å². The van der Waals surface area contributed by atoms with E-state index in [9.17, 15) is 0 Å². The van der Waals surface area contributed by atoms with Crippen molar-refractivity contribution in [2.45, 2.75) is 20.4 Å². The number of nitrogens with zero attached hydrogens (tertiary/aromatic N) is 1. The van der Waals surface area contributed by atoms with E-state index in [1.165, 1.54) is 33.3 Å². The lowest BCUT2D eigenvalue weighted by Gasteiger charge is -2.06. The van der Waals surface area contributed by atoms with Gasteiger partial charge in [0.1, 0.15) is 0 Å². The number of aromatic nitrogens is 1. The highest BCUT2D eigenvalue weighted by Crippen LogP contribution is 2.29. The molecule has 0 spiro atoms. The SMILES string of the molecule is Cc1ccc(-c2cn3ccccc3c2CN)cc1C. The smallest absolute Gasteiger partial charge is 0.0501 e. The van der Waals surface area contributed by atoms with Crippen molar-refractivity contribution >= 4 is 5.52 Å². The van der Waals surface area contributed by atoms with Crippen LogP contribution in [0.4, 0.5) is 0 Å². The lowest BCUT2D eigenvalue weighted by Crippen LogP contribution is -1.97. The lowest BCUT2D eigenvalue weighted by atomic mass is 9.99. The third-order valence-electron chi connectivity index (χ3n) is 3.81. The summed E-state index contributed by atoms with van der Waals surface area (Å²) in [5, 5.41) is 0. The second-order valence-corrected chi connectivity index (χ2v) is 5.02. The Kier molecular flexibility index (Phi) is 2.88. The Hall–Kier alpha value is -2.06. The number of benzene rings is 1. The van der Waals surface area contributed by atoms with Crippen LogP contribution in [0.15, 0.2) is 48.8 Å². The molecule has 3 rings (SSSR count). The summed E-state index contributed by atoms with van der Waals surface area (Å²) in [6, 6.07) is 12.8. The van der Waals surface area contributed by atoms with E-state index in [-0.39, 0.29) is 0 Å². The maximum absolute atomic E-state index is 5.95. The first-order valence-electron chi connectivity index (χ1n) is 6.57. The molecule has 0 aliphatic heterocycles. The van der Waals surface area contributed by atoms with E-state index in [0.29, 0.717) is 6.54 Å². The number of nitrogens with two attached hydrogens (primary N) is 1. The van der Waals surface area contributed by atoms with Gasteiger partial charge in [-0.2, -0.15) is 0 Å². The van der Waals surface area contributed by atoms with Crippen molar-refractivity contribution in [1.29, 1.82) is 0 Å². The molecule has 1 aromatic carbocycles. The van der Waals surface area contributed by atoms with Crippen LogP contribution in [0.3, 0.4) is 0 Å². The highest BCUT2D eigenvalue weighted by Gasteiger charge is 2.11. The summed E-state index contributed by atoms with van der Waals surface area (Å²) in [5.74, 6) is 0. The van der Waals surface area contributed by atoms with Crippen molar-refractivity contribution in [2.75, 3.05) is 0 Å². The Morgan fingerprint density at radius 3 is 2.63 bits per heavy atom. The molecule has 0 saturated carbocycles. The van der Waals surface area contributed by atoms with Crippen LogP contribution in [-0.4, -0.2) is 4.40 Å². The molecule has 96 valence electrons. The van der Waals surface area contributed by atoms with E-state index < -0.39 is 0 Å². The number of hydrogen-bond donors (Lipinski definition) is 1. The average molecular weight is 250 g/mol. The van der Waals surface area contributed by atoms with E-state index in [4.69, 9.17) is 5.73 Å². The Morgan fingerprint density at radius 2 is 1.89 bits per heavy atom. The van der Waals surface area contributed by atoms with Gasteiger partial charge in [0.15, 0.2) is 0 Å². The van der Waals surface area contributed by atoms with Gasteiger partial charge in [0.05, 0.1) is 5.52 Å². The van der Waals surface area contributed by atoms with Gasteiger partial charge < -0.3 is 10.1 Å². The molecule has 0 fully saturated rings. The standard InChI is InChI=1S/C17H18N2/c1-12-6-7-14(9-13(12)2)16-11-19-8-4-3-5-17(19)15(16)10-18/h3-9,11H,10,18H2,1-2H3. The van der Waals surface area contributed by atoms with Crippen LogP contribution >= 0.6 is 0 Å². The summed E-state index contributed by atoms with van der Waals surface area (Å²) < 4.78 is 2.15. The molecule has 2 heteroatoms. The van der Waals surface area contributed by atoms with E-state index >= 15 is 0 Å². The second-order valence-electron chi connectivity index (χ2n) is 5.02. The van der Waals surface area contributed by atoms with Crippen molar-refractivity contribution in [3.05, 3.63) is 65.5 Å². The predicted molar refractivity (Wildman–Crippen MR) is 80.2 cm³/mol. The molecule has 19 heavy (non-hydrogen) atoms. The number of rotatable bonds is 2. The third-order valence-corrected chi connectivity index (χ3v) is 3.81. The Bertz CT molecular complexity index is 738. The number of hydrogen-bond acceptors (Lipinski definition) is 1. The first-order chi connectivity index (χ1) is 9.20. The second kappa shape index (κ2) is 4.56. The molecule has 2 heterocycles. The summed E-state index contributed by atoms with van der Waals surface area (Å²) >= 11 is 0. The van der Waals surface area contributed by atoms with Crippen molar-refractivity contribution in [2.24, 2.45) is 5.73 Å². The maximum atomic E-state index is 5.95. The maximum Gasteiger partial charge on any atom is 0.0501 e. The number of pyridine rings is 1. The topological polar surface area (TPSA) is 30.4 Å². The van der Waals surface area contributed by atoms with Crippen LogP contribution in [0.2, 0.25) is 0 Å². The summed E-state index contributed by atoms with van der Waals surface area (Å²) in [5.41, 5.74) is 13.5. The predicted octanol–water partition coefficient (Wildman–Crippen LogP) is 3.68. The largest absolute Gasteiger partial charge is 0.326 e. The quantitative estimate of drug-likeness (QED) is 0.739. The van der Waals surface area contributed by atoms with Gasteiger partial charge in [-0.1, -0.05) is 24.3 Å². The molecule has 0 aliphatic rings. The average Bonchev–Trinajstić information content (AvgIpc) is 2.80. The first-order valence-corrected chi connectivity index (χ1v) is 6.57. The molecule has 0 radical (unpaired) electrons. The Labute approximate surface area is 113 Å². The van der Waals surface area contributed by atoms with Gasteiger partial charge in [0, 0.05) is 24.5 Å². The lowest BCUT2D eigenvalue weighted by molar-refractivity contribution is 1.08. The molecule has 2 aromatic heterocycles. The third kappa shape index (κ3) is 1.94. The van der Waals surface area contributed by atoms with E-state index in [1.54, 1.807) is 0 Å². The van der Waals surface area contributed by atoms with Crippen LogP contribution < -0.4 is 5.73 Å². The Morgan fingerprint density at radius 1 is 1.05 bits per heavy atom. The summed E-state index contributed by atoms with van der Waals surface area (Å²) in [6.07, 6.45) is 4.24. The normalized spacial score (nSPS) is 11.1. The minimum Gasteiger partial charge on any atom is -0.326 e. The zero-order valence-electron chi connectivity index (χ0n) is 11.4. The molecule has 0 saturated heterocycles. The van der Waals surface area contributed by atoms with Crippen LogP contribution in [0, 0.1) is 13.8 Å². The molecule has 3 aromatic rings. The van der Waals surface area contributed by atoms with Gasteiger partial charge >= 0.3 is 0 Å². The Balaban J connectivity index is 2.26. The van der Waals surface area contributed by atoms with Crippen molar-refractivity contribution < 1.29 is 0 Å². The zero-order chi connectivity index (χ0) is 13.4. The fourth-order valence-corrected chi connectivity index (χ4v) is 2.55. The molecular formula is C17H18N2. The molecule has 0 unspecified atom stereocenters. The van der Waals surface area contributed by atoms with Gasteiger partial charge in [0.25, 0.3) is 0 Å². The fourth-order valence-electron chi connectivity index (χ4n) is 2.55. The van der Waals surface area contributed by atoms with Gasteiger partial charge in [-0.05, 0) is 48.2 Å². The van der Waals surface area contributed by atoms with Crippen LogP contribution in [-0.2, 0) is 6.54 Å². The monoisotopic (exact) mass is 250 g/mol. The summed E-state index contributed by atoms with van der Waals surface area (Å²) in [4.78, 5) is 0. The van der Waals surface area contributed by atoms with Crippen LogP contribution in [0.5, 0.6) is 0 Å². The van der Waals surface area contributed by atoms with Crippen LogP contribution in [0.1, 0.15) is 16.7 Å². The summed E-state index contributed by atoms with van der Waals surface area (Å²) in [6.45, 7) is 4.85. The van der Waals surface area contributed by atoms with Crippen molar-refractivity contribution in [3.63, 3.8) is 0 Å². The fraction of sp³-hybridized carbons (Fsp3) is 0.176. The number of fused-ring (bicyclic) bond motifs is 1. The van der Waals surface area contributed by atoms with E-state index in [2.05, 4.69) is 61.0 Å². The zero-order valence-corrected chi connectivity index (χ0v) is 11.4.